The molecular formula is C12H24N2O2. The summed E-state index contributed by atoms with van der Waals surface area (Å²) in [6.07, 6.45) is 3.92. The number of hydrogen-bond acceptors (Lipinski definition) is 4. The van der Waals surface area contributed by atoms with E-state index < -0.39 is 0 Å². The van der Waals surface area contributed by atoms with E-state index in [-0.39, 0.29) is 12.3 Å². The van der Waals surface area contributed by atoms with Crippen LogP contribution in [0, 0.1) is 5.92 Å². The Kier molecular flexibility index (Phi) is 4.58. The zero-order chi connectivity index (χ0) is 11.4. The standard InChI is InChI=1S/C12H24N2O2/c1-10-3-6-14(7-4-10)5-2-8-15-9-11-12(13)16-11/h10-12H,2-9,13H2,1H3. The second-order valence-corrected chi connectivity index (χ2v) is 5.09. The SMILES string of the molecule is CC1CCN(CCCOCC2OC2N)CC1. The molecule has 0 spiro atoms. The Labute approximate surface area is 98.1 Å². The van der Waals surface area contributed by atoms with Crippen molar-refractivity contribution in [2.24, 2.45) is 11.7 Å². The Hall–Kier alpha value is -0.160. The first-order chi connectivity index (χ1) is 7.75. The van der Waals surface area contributed by atoms with Gasteiger partial charge in [0, 0.05) is 13.2 Å². The molecule has 2 heterocycles. The van der Waals surface area contributed by atoms with E-state index in [0.717, 1.165) is 18.9 Å². The van der Waals surface area contributed by atoms with Crippen molar-refractivity contribution in [1.82, 2.24) is 4.90 Å². The molecule has 2 saturated heterocycles. The normalized spacial score (nSPS) is 31.9. The van der Waals surface area contributed by atoms with Crippen LogP contribution in [0.4, 0.5) is 0 Å². The summed E-state index contributed by atoms with van der Waals surface area (Å²) >= 11 is 0. The van der Waals surface area contributed by atoms with Crippen LogP contribution in [0.3, 0.4) is 0 Å². The van der Waals surface area contributed by atoms with Gasteiger partial charge in [0.1, 0.15) is 12.3 Å². The van der Waals surface area contributed by atoms with Crippen LogP contribution in [0.2, 0.25) is 0 Å². The summed E-state index contributed by atoms with van der Waals surface area (Å²) in [7, 11) is 0. The molecule has 0 saturated carbocycles. The van der Waals surface area contributed by atoms with Gasteiger partial charge in [-0.05, 0) is 38.3 Å². The molecule has 0 aromatic carbocycles. The first kappa shape index (κ1) is 12.3. The summed E-state index contributed by atoms with van der Waals surface area (Å²) in [6, 6.07) is 0. The van der Waals surface area contributed by atoms with E-state index in [1.807, 2.05) is 0 Å². The van der Waals surface area contributed by atoms with Crippen LogP contribution in [0.1, 0.15) is 26.2 Å². The van der Waals surface area contributed by atoms with Gasteiger partial charge in [0.2, 0.25) is 0 Å². The number of rotatable bonds is 6. The van der Waals surface area contributed by atoms with Crippen LogP contribution in [0.15, 0.2) is 0 Å². The summed E-state index contributed by atoms with van der Waals surface area (Å²) in [5.74, 6) is 0.918. The topological polar surface area (TPSA) is 51.0 Å². The third-order valence-electron chi connectivity index (χ3n) is 3.54. The Bertz CT molecular complexity index is 205. The highest BCUT2D eigenvalue weighted by molar-refractivity contribution is 4.78. The highest BCUT2D eigenvalue weighted by atomic mass is 16.6. The number of likely N-dealkylation sites (tertiary alicyclic amines) is 1. The summed E-state index contributed by atoms with van der Waals surface area (Å²) in [5, 5.41) is 0. The van der Waals surface area contributed by atoms with Gasteiger partial charge in [-0.3, -0.25) is 0 Å². The molecule has 0 aliphatic carbocycles. The van der Waals surface area contributed by atoms with Gasteiger partial charge < -0.3 is 20.1 Å². The van der Waals surface area contributed by atoms with Crippen LogP contribution in [0.25, 0.3) is 0 Å². The quantitative estimate of drug-likeness (QED) is 0.540. The van der Waals surface area contributed by atoms with Crippen molar-refractivity contribution in [3.05, 3.63) is 0 Å². The second-order valence-electron chi connectivity index (χ2n) is 5.09. The van der Waals surface area contributed by atoms with Crippen molar-refractivity contribution < 1.29 is 9.47 Å². The number of epoxide rings is 1. The summed E-state index contributed by atoms with van der Waals surface area (Å²) in [4.78, 5) is 2.54. The minimum Gasteiger partial charge on any atom is -0.379 e. The Morgan fingerprint density at radius 3 is 2.69 bits per heavy atom. The molecule has 94 valence electrons. The molecule has 2 unspecified atom stereocenters. The summed E-state index contributed by atoms with van der Waals surface area (Å²) in [5.41, 5.74) is 5.50. The van der Waals surface area contributed by atoms with Crippen LogP contribution in [0.5, 0.6) is 0 Å². The predicted octanol–water partition coefficient (Wildman–Crippen LogP) is 0.809. The lowest BCUT2D eigenvalue weighted by Crippen LogP contribution is -2.34. The minimum absolute atomic E-state index is 0.0661. The third-order valence-corrected chi connectivity index (χ3v) is 3.54. The van der Waals surface area contributed by atoms with Crippen LogP contribution < -0.4 is 5.73 Å². The summed E-state index contributed by atoms with van der Waals surface area (Å²) < 4.78 is 10.6. The van der Waals surface area contributed by atoms with Gasteiger partial charge in [-0.1, -0.05) is 6.92 Å². The number of nitrogens with two attached hydrogens (primary N) is 1. The molecule has 2 rings (SSSR count). The summed E-state index contributed by atoms with van der Waals surface area (Å²) in [6.45, 7) is 7.54. The number of ether oxygens (including phenoxy) is 2. The van der Waals surface area contributed by atoms with Gasteiger partial charge in [0.15, 0.2) is 0 Å². The van der Waals surface area contributed by atoms with Gasteiger partial charge in [0.05, 0.1) is 6.61 Å². The van der Waals surface area contributed by atoms with E-state index in [4.69, 9.17) is 15.2 Å². The first-order valence-electron chi connectivity index (χ1n) is 6.47. The van der Waals surface area contributed by atoms with Gasteiger partial charge >= 0.3 is 0 Å². The molecule has 0 amide bonds. The fourth-order valence-corrected chi connectivity index (χ4v) is 2.17. The Balaban J connectivity index is 1.42. The monoisotopic (exact) mass is 228 g/mol. The van der Waals surface area contributed by atoms with Gasteiger partial charge in [-0.25, -0.2) is 0 Å². The van der Waals surface area contributed by atoms with E-state index in [1.54, 1.807) is 0 Å². The lowest BCUT2D eigenvalue weighted by molar-refractivity contribution is 0.1000. The number of nitrogens with zero attached hydrogens (tertiary/aromatic N) is 1. The maximum Gasteiger partial charge on any atom is 0.135 e. The Morgan fingerprint density at radius 1 is 1.38 bits per heavy atom. The van der Waals surface area contributed by atoms with Crippen LogP contribution >= 0.6 is 0 Å². The van der Waals surface area contributed by atoms with Crippen LogP contribution in [-0.4, -0.2) is 50.1 Å². The largest absolute Gasteiger partial charge is 0.379 e. The lowest BCUT2D eigenvalue weighted by atomic mass is 9.99. The average molecular weight is 228 g/mol. The molecule has 2 fully saturated rings. The maximum atomic E-state index is 5.51. The molecule has 0 aromatic rings. The highest BCUT2D eigenvalue weighted by Gasteiger charge is 2.34. The first-order valence-corrected chi connectivity index (χ1v) is 6.47. The zero-order valence-electron chi connectivity index (χ0n) is 10.2. The highest BCUT2D eigenvalue weighted by Crippen LogP contribution is 2.17. The van der Waals surface area contributed by atoms with Crippen molar-refractivity contribution in [2.75, 3.05) is 32.8 Å². The molecule has 4 nitrogen and oxygen atoms in total. The number of hydrogen-bond donors (Lipinski definition) is 1. The molecule has 0 radical (unpaired) electrons. The Morgan fingerprint density at radius 2 is 2.06 bits per heavy atom. The smallest absolute Gasteiger partial charge is 0.135 e. The van der Waals surface area contributed by atoms with Crippen molar-refractivity contribution >= 4 is 0 Å². The van der Waals surface area contributed by atoms with E-state index in [1.165, 1.54) is 32.5 Å². The lowest BCUT2D eigenvalue weighted by Gasteiger charge is -2.29. The molecule has 0 bridgehead atoms. The van der Waals surface area contributed by atoms with Crippen LogP contribution in [-0.2, 0) is 9.47 Å². The van der Waals surface area contributed by atoms with Gasteiger partial charge in [-0.15, -0.1) is 0 Å². The molecule has 16 heavy (non-hydrogen) atoms. The molecule has 2 aliphatic rings. The van der Waals surface area contributed by atoms with Crippen molar-refractivity contribution in [3.63, 3.8) is 0 Å². The average Bonchev–Trinajstić information content (AvgIpc) is 2.97. The second kappa shape index (κ2) is 5.96. The van der Waals surface area contributed by atoms with Crippen molar-refractivity contribution in [2.45, 2.75) is 38.5 Å². The molecule has 4 heteroatoms. The molecule has 0 aromatic heterocycles. The minimum atomic E-state index is -0.0661. The fraction of sp³-hybridized carbons (Fsp3) is 1.00. The van der Waals surface area contributed by atoms with E-state index in [0.29, 0.717) is 6.61 Å². The van der Waals surface area contributed by atoms with Crippen molar-refractivity contribution in [1.29, 1.82) is 0 Å². The van der Waals surface area contributed by atoms with Gasteiger partial charge in [-0.2, -0.15) is 0 Å². The maximum absolute atomic E-state index is 5.51. The number of piperidine rings is 1. The van der Waals surface area contributed by atoms with E-state index >= 15 is 0 Å². The molecule has 2 atom stereocenters. The zero-order valence-corrected chi connectivity index (χ0v) is 10.2. The third kappa shape index (κ3) is 4.01. The van der Waals surface area contributed by atoms with E-state index in [2.05, 4.69) is 11.8 Å². The molecular weight excluding hydrogens is 204 g/mol. The molecule has 2 aliphatic heterocycles. The predicted molar refractivity (Wildman–Crippen MR) is 63.1 cm³/mol. The van der Waals surface area contributed by atoms with Crippen molar-refractivity contribution in [3.8, 4) is 0 Å². The molecule has 2 N–H and O–H groups in total. The fourth-order valence-electron chi connectivity index (χ4n) is 2.17. The van der Waals surface area contributed by atoms with Gasteiger partial charge in [0.25, 0.3) is 0 Å². The van der Waals surface area contributed by atoms with E-state index in [9.17, 15) is 0 Å².